The highest BCUT2D eigenvalue weighted by molar-refractivity contribution is 6.02. The number of methoxy groups -OCH3 is 1. The summed E-state index contributed by atoms with van der Waals surface area (Å²) >= 11 is 0. The van der Waals surface area contributed by atoms with Crippen molar-refractivity contribution in [3.05, 3.63) is 36.3 Å². The lowest BCUT2D eigenvalue weighted by Crippen LogP contribution is -2.40. The number of pyridine rings is 1. The van der Waals surface area contributed by atoms with Crippen LogP contribution in [0.2, 0.25) is 0 Å². The summed E-state index contributed by atoms with van der Waals surface area (Å²) in [5.41, 5.74) is 3.02. The number of ether oxygens (including phenoxy) is 2. The number of carbonyl (C=O) groups excluding carboxylic acids is 1. The van der Waals surface area contributed by atoms with E-state index in [1.165, 1.54) is 0 Å². The van der Waals surface area contributed by atoms with Crippen molar-refractivity contribution >= 4 is 27.8 Å². The molecule has 0 saturated carbocycles. The Morgan fingerprint density at radius 1 is 1.17 bits per heavy atom. The Kier molecular flexibility index (Phi) is 6.36. The first-order chi connectivity index (χ1) is 14.3. The maximum Gasteiger partial charge on any atom is 0.222 e. The Labute approximate surface area is 170 Å². The van der Waals surface area contributed by atoms with E-state index in [0.29, 0.717) is 39.3 Å². The molecule has 1 aliphatic rings. The topological polar surface area (TPSA) is 69.5 Å². The number of morpholine rings is 1. The van der Waals surface area contributed by atoms with Gasteiger partial charge in [-0.15, -0.1) is 0 Å². The fourth-order valence-corrected chi connectivity index (χ4v) is 3.95. The highest BCUT2D eigenvalue weighted by atomic mass is 16.5. The number of rotatable bonds is 8. The SMILES string of the molecule is COCCc1nc2cnc3ccccc3c2n1CCCCC(=O)N1CCOCC1. The number of hydrogen-bond donors (Lipinski definition) is 0. The normalized spacial score (nSPS) is 14.7. The van der Waals surface area contributed by atoms with Crippen LogP contribution >= 0.6 is 0 Å². The fraction of sp³-hybridized carbons (Fsp3) is 0.500. The molecule has 1 amide bonds. The third kappa shape index (κ3) is 4.41. The molecule has 0 atom stereocenters. The Bertz CT molecular complexity index is 979. The monoisotopic (exact) mass is 396 g/mol. The molecule has 0 spiro atoms. The van der Waals surface area contributed by atoms with E-state index in [4.69, 9.17) is 14.5 Å². The summed E-state index contributed by atoms with van der Waals surface area (Å²) in [5.74, 6) is 1.25. The molecule has 4 rings (SSSR count). The molecule has 154 valence electrons. The highest BCUT2D eigenvalue weighted by Crippen LogP contribution is 2.25. The van der Waals surface area contributed by atoms with Crippen molar-refractivity contribution in [2.45, 2.75) is 32.2 Å². The average molecular weight is 396 g/mol. The number of amides is 1. The molecule has 1 aromatic carbocycles. The van der Waals surface area contributed by atoms with Crippen molar-refractivity contribution in [3.8, 4) is 0 Å². The number of imidazole rings is 1. The molecule has 3 aromatic rings. The van der Waals surface area contributed by atoms with Gasteiger partial charge in [-0.2, -0.15) is 0 Å². The Balaban J connectivity index is 1.50. The number of hydrogen-bond acceptors (Lipinski definition) is 5. The van der Waals surface area contributed by atoms with E-state index in [0.717, 1.165) is 53.6 Å². The molecule has 0 radical (unpaired) electrons. The van der Waals surface area contributed by atoms with E-state index in [1.54, 1.807) is 7.11 Å². The lowest BCUT2D eigenvalue weighted by Gasteiger charge is -2.26. The average Bonchev–Trinajstić information content (AvgIpc) is 3.13. The van der Waals surface area contributed by atoms with E-state index in [-0.39, 0.29) is 5.91 Å². The number of para-hydroxylation sites is 1. The minimum atomic E-state index is 0.234. The minimum Gasteiger partial charge on any atom is -0.384 e. The molecule has 0 aliphatic carbocycles. The van der Waals surface area contributed by atoms with Crippen molar-refractivity contribution in [3.63, 3.8) is 0 Å². The predicted octanol–water partition coefficient (Wildman–Crippen LogP) is 2.80. The second kappa shape index (κ2) is 9.33. The summed E-state index contributed by atoms with van der Waals surface area (Å²) in [6.07, 6.45) is 4.99. The molecule has 7 nitrogen and oxygen atoms in total. The zero-order chi connectivity index (χ0) is 20.1. The van der Waals surface area contributed by atoms with E-state index in [9.17, 15) is 4.79 Å². The Hall–Kier alpha value is -2.51. The van der Waals surface area contributed by atoms with E-state index in [1.807, 2.05) is 29.3 Å². The summed E-state index contributed by atoms with van der Waals surface area (Å²) in [6, 6.07) is 8.18. The zero-order valence-corrected chi connectivity index (χ0v) is 17.0. The summed E-state index contributed by atoms with van der Waals surface area (Å²) in [5, 5.41) is 1.12. The van der Waals surface area contributed by atoms with Crippen LogP contribution in [0.1, 0.15) is 25.1 Å². The number of aryl methyl sites for hydroxylation is 1. The molecule has 1 aliphatic heterocycles. The third-order valence-electron chi connectivity index (χ3n) is 5.47. The first-order valence-electron chi connectivity index (χ1n) is 10.4. The van der Waals surface area contributed by atoms with Crippen LogP contribution in [0, 0.1) is 0 Å². The quantitative estimate of drug-likeness (QED) is 0.548. The molecule has 29 heavy (non-hydrogen) atoms. The van der Waals surface area contributed by atoms with Crippen molar-refractivity contribution in [1.82, 2.24) is 19.4 Å². The maximum atomic E-state index is 12.4. The van der Waals surface area contributed by atoms with Gasteiger partial charge in [0.15, 0.2) is 0 Å². The first kappa shape index (κ1) is 19.8. The van der Waals surface area contributed by atoms with Gasteiger partial charge in [0.1, 0.15) is 11.3 Å². The van der Waals surface area contributed by atoms with Crippen LogP contribution in [-0.2, 0) is 27.2 Å². The molecule has 2 aromatic heterocycles. The van der Waals surface area contributed by atoms with Crippen LogP contribution in [0.3, 0.4) is 0 Å². The second-order valence-electron chi connectivity index (χ2n) is 7.38. The van der Waals surface area contributed by atoms with E-state index in [2.05, 4.69) is 15.6 Å². The van der Waals surface area contributed by atoms with Crippen LogP contribution in [0.25, 0.3) is 21.9 Å². The van der Waals surface area contributed by atoms with Crippen molar-refractivity contribution in [2.24, 2.45) is 0 Å². The molecule has 0 unspecified atom stereocenters. The number of nitrogens with zero attached hydrogens (tertiary/aromatic N) is 4. The van der Waals surface area contributed by atoms with Crippen LogP contribution in [0.15, 0.2) is 30.5 Å². The Morgan fingerprint density at radius 3 is 2.83 bits per heavy atom. The predicted molar refractivity (Wildman–Crippen MR) is 112 cm³/mol. The van der Waals surface area contributed by atoms with Crippen LogP contribution < -0.4 is 0 Å². The van der Waals surface area contributed by atoms with Gasteiger partial charge >= 0.3 is 0 Å². The number of carbonyl (C=O) groups is 1. The Morgan fingerprint density at radius 2 is 2.00 bits per heavy atom. The molecule has 0 N–H and O–H groups in total. The van der Waals surface area contributed by atoms with Crippen LogP contribution in [-0.4, -0.2) is 65.4 Å². The van der Waals surface area contributed by atoms with E-state index >= 15 is 0 Å². The van der Waals surface area contributed by atoms with Gasteiger partial charge in [0.2, 0.25) is 5.91 Å². The maximum absolute atomic E-state index is 12.4. The fourth-order valence-electron chi connectivity index (χ4n) is 3.95. The molecule has 3 heterocycles. The van der Waals surface area contributed by atoms with Crippen molar-refractivity contribution in [2.75, 3.05) is 40.0 Å². The van der Waals surface area contributed by atoms with Gasteiger partial charge in [-0.05, 0) is 18.9 Å². The van der Waals surface area contributed by atoms with Gasteiger partial charge in [-0.1, -0.05) is 18.2 Å². The third-order valence-corrected chi connectivity index (χ3v) is 5.47. The summed E-state index contributed by atoms with van der Waals surface area (Å²) in [6.45, 7) is 4.19. The lowest BCUT2D eigenvalue weighted by atomic mass is 10.1. The largest absolute Gasteiger partial charge is 0.384 e. The zero-order valence-electron chi connectivity index (χ0n) is 17.0. The summed E-state index contributed by atoms with van der Waals surface area (Å²) in [4.78, 5) is 23.7. The van der Waals surface area contributed by atoms with Gasteiger partial charge in [-0.25, -0.2) is 4.98 Å². The molecular weight excluding hydrogens is 368 g/mol. The van der Waals surface area contributed by atoms with Crippen molar-refractivity contribution in [1.29, 1.82) is 0 Å². The number of benzene rings is 1. The van der Waals surface area contributed by atoms with Crippen LogP contribution in [0.5, 0.6) is 0 Å². The van der Waals surface area contributed by atoms with Gasteiger partial charge in [0.05, 0.1) is 37.1 Å². The van der Waals surface area contributed by atoms with E-state index < -0.39 is 0 Å². The second-order valence-corrected chi connectivity index (χ2v) is 7.38. The van der Waals surface area contributed by atoms with Gasteiger partial charge in [0, 0.05) is 45.0 Å². The molecule has 7 heteroatoms. The van der Waals surface area contributed by atoms with Crippen LogP contribution in [0.4, 0.5) is 0 Å². The van der Waals surface area contributed by atoms with Gasteiger partial charge in [-0.3, -0.25) is 9.78 Å². The van der Waals surface area contributed by atoms with Gasteiger partial charge in [0.25, 0.3) is 0 Å². The van der Waals surface area contributed by atoms with Gasteiger partial charge < -0.3 is 18.9 Å². The summed E-state index contributed by atoms with van der Waals surface area (Å²) in [7, 11) is 1.71. The summed E-state index contributed by atoms with van der Waals surface area (Å²) < 4.78 is 12.9. The molecule has 0 bridgehead atoms. The minimum absolute atomic E-state index is 0.234. The number of aromatic nitrogens is 3. The number of fused-ring (bicyclic) bond motifs is 3. The standard InChI is InChI=1S/C22H28N4O3/c1-28-13-9-20-24-19-16-23-18-7-3-2-6-17(18)22(19)26(20)10-5-4-8-21(27)25-11-14-29-15-12-25/h2-3,6-7,16H,4-5,8-15H2,1H3. The first-order valence-corrected chi connectivity index (χ1v) is 10.4. The highest BCUT2D eigenvalue weighted by Gasteiger charge is 2.17. The number of unbranched alkanes of at least 4 members (excludes halogenated alkanes) is 1. The molecule has 1 saturated heterocycles. The van der Waals surface area contributed by atoms with Crippen molar-refractivity contribution < 1.29 is 14.3 Å². The molecular formula is C22H28N4O3. The molecule has 1 fully saturated rings. The smallest absolute Gasteiger partial charge is 0.222 e. The lowest BCUT2D eigenvalue weighted by molar-refractivity contribution is -0.135.